The van der Waals surface area contributed by atoms with Crippen LogP contribution in [0.3, 0.4) is 0 Å². The Morgan fingerprint density at radius 3 is 0.967 bits per heavy atom. The standard InChI is InChI=1S/C86H76Br2N4/c1-5-7-9-11-17-61-27-41-71(42-28-61)91-83-51-31-63(55-79(83)81-57-73(49-53-85(81)91)89(67-37-23-59(3)24-38-67)69-45-33-65(87)34-46-69)75-19-13-15-21-77(75)78-22-16-14-20-76(78)64-32-52-84-80(56-64)82-58-74(90(68-39-25-60(4)26-40-68)70-47-35-66(88)36-48-70)50-54-86(82)92(84)72-43-29-62(30-44-72)18-12-10-8-6-2/h13-16,19-58H,5-12,17-18H2,1-4H3. The number of hydrogen-bond acceptors (Lipinski definition) is 2. The van der Waals surface area contributed by atoms with Gasteiger partial charge in [-0.3, -0.25) is 0 Å². The van der Waals surface area contributed by atoms with E-state index in [1.165, 1.54) is 151 Å². The lowest BCUT2D eigenvalue weighted by Crippen LogP contribution is -2.09. The number of aryl methyl sites for hydroxylation is 4. The lowest BCUT2D eigenvalue weighted by Gasteiger charge is -2.26. The van der Waals surface area contributed by atoms with E-state index in [-0.39, 0.29) is 0 Å². The molecular formula is C86H76Br2N4. The number of rotatable bonds is 21. The Morgan fingerprint density at radius 2 is 0.609 bits per heavy atom. The molecule has 0 bridgehead atoms. The maximum Gasteiger partial charge on any atom is 0.0542 e. The second-order valence-electron chi connectivity index (χ2n) is 24.9. The summed E-state index contributed by atoms with van der Waals surface area (Å²) in [6.07, 6.45) is 12.2. The van der Waals surface area contributed by atoms with E-state index < -0.39 is 0 Å². The Labute approximate surface area is 559 Å². The van der Waals surface area contributed by atoms with E-state index >= 15 is 0 Å². The monoisotopic (exact) mass is 1320 g/mol. The number of fused-ring (bicyclic) bond motifs is 6. The zero-order valence-corrected chi connectivity index (χ0v) is 56.2. The number of anilines is 6. The molecule has 0 aliphatic heterocycles. The first-order chi connectivity index (χ1) is 45.2. The average Bonchev–Trinajstić information content (AvgIpc) is 1.58. The Balaban J connectivity index is 0.909. The summed E-state index contributed by atoms with van der Waals surface area (Å²) < 4.78 is 7.04. The highest BCUT2D eigenvalue weighted by Crippen LogP contribution is 2.46. The normalized spacial score (nSPS) is 11.6. The van der Waals surface area contributed by atoms with Crippen molar-refractivity contribution in [1.82, 2.24) is 9.13 Å². The van der Waals surface area contributed by atoms with Gasteiger partial charge in [0.05, 0.1) is 22.1 Å². The van der Waals surface area contributed by atoms with E-state index in [2.05, 4.69) is 345 Å². The van der Waals surface area contributed by atoms with Gasteiger partial charge < -0.3 is 18.9 Å². The third-order valence-corrected chi connectivity index (χ3v) is 19.6. The molecule has 2 heterocycles. The smallest absolute Gasteiger partial charge is 0.0542 e. The van der Waals surface area contributed by atoms with Gasteiger partial charge in [0.1, 0.15) is 0 Å². The molecule has 0 fully saturated rings. The Kier molecular flexibility index (Phi) is 17.7. The number of aromatic nitrogens is 2. The Bertz CT molecular complexity index is 4500. The third-order valence-electron chi connectivity index (χ3n) is 18.6. The molecule has 14 rings (SSSR count). The van der Waals surface area contributed by atoms with Crippen molar-refractivity contribution >= 4 is 110 Å². The van der Waals surface area contributed by atoms with Crippen molar-refractivity contribution in [2.24, 2.45) is 0 Å². The fourth-order valence-corrected chi connectivity index (χ4v) is 14.3. The third kappa shape index (κ3) is 12.3. The van der Waals surface area contributed by atoms with Crippen LogP contribution in [0.15, 0.2) is 276 Å². The summed E-state index contributed by atoms with van der Waals surface area (Å²) >= 11 is 7.43. The van der Waals surface area contributed by atoms with Crippen LogP contribution in [0.25, 0.3) is 88.4 Å². The second kappa shape index (κ2) is 26.9. The molecule has 6 heteroatoms. The molecular weight excluding hydrogens is 1250 g/mol. The number of benzene rings is 12. The molecule has 0 radical (unpaired) electrons. The van der Waals surface area contributed by atoms with Crippen LogP contribution in [0.1, 0.15) is 87.5 Å². The molecule has 14 aromatic rings. The molecule has 0 saturated heterocycles. The minimum absolute atomic E-state index is 1.05. The van der Waals surface area contributed by atoms with E-state index in [0.29, 0.717) is 0 Å². The van der Waals surface area contributed by atoms with Crippen molar-refractivity contribution in [3.05, 3.63) is 298 Å². The lowest BCUT2D eigenvalue weighted by atomic mass is 9.88. The van der Waals surface area contributed by atoms with Gasteiger partial charge in [-0.1, -0.05) is 205 Å². The number of halogens is 2. The Hall–Kier alpha value is -9.20. The molecule has 92 heavy (non-hydrogen) atoms. The molecule has 0 aliphatic rings. The first-order valence-corrected chi connectivity index (χ1v) is 34.6. The molecule has 4 nitrogen and oxygen atoms in total. The molecule has 0 atom stereocenters. The maximum absolute atomic E-state index is 3.72. The SMILES string of the molecule is CCCCCCc1ccc(-n2c3ccc(-c4ccccc4-c4ccccc4-c4ccc5c(c4)c4cc(N(c6ccc(C)cc6)c6ccc(Br)cc6)ccc4n5-c4ccc(CCCCCC)cc4)cc3c3cc(N(c4ccc(C)cc4)c4ccc(Br)cc4)ccc32)cc1. The van der Waals surface area contributed by atoms with Crippen molar-refractivity contribution in [1.29, 1.82) is 0 Å². The average molecular weight is 1330 g/mol. The first kappa shape index (κ1) is 60.4. The number of nitrogens with zero attached hydrogens (tertiary/aromatic N) is 4. The van der Waals surface area contributed by atoms with Gasteiger partial charge in [-0.25, -0.2) is 0 Å². The molecule has 0 unspecified atom stereocenters. The van der Waals surface area contributed by atoms with Gasteiger partial charge in [0, 0.05) is 76.0 Å². The molecule has 12 aromatic carbocycles. The van der Waals surface area contributed by atoms with E-state index in [1.54, 1.807) is 0 Å². The van der Waals surface area contributed by atoms with Crippen LogP contribution >= 0.6 is 31.9 Å². The summed E-state index contributed by atoms with van der Waals surface area (Å²) in [5.41, 5.74) is 25.9. The largest absolute Gasteiger partial charge is 0.310 e. The van der Waals surface area contributed by atoms with Gasteiger partial charge in [-0.2, -0.15) is 0 Å². The van der Waals surface area contributed by atoms with Crippen molar-refractivity contribution < 1.29 is 0 Å². The molecule has 0 N–H and O–H groups in total. The molecule has 0 amide bonds. The molecule has 0 spiro atoms. The van der Waals surface area contributed by atoms with Crippen LogP contribution in [0.4, 0.5) is 34.1 Å². The maximum atomic E-state index is 3.72. The van der Waals surface area contributed by atoms with Crippen molar-refractivity contribution in [2.75, 3.05) is 9.80 Å². The van der Waals surface area contributed by atoms with E-state index in [4.69, 9.17) is 0 Å². The Morgan fingerprint density at radius 1 is 0.293 bits per heavy atom. The van der Waals surface area contributed by atoms with Crippen LogP contribution in [-0.2, 0) is 12.8 Å². The highest BCUT2D eigenvalue weighted by atomic mass is 79.9. The topological polar surface area (TPSA) is 16.3 Å². The summed E-state index contributed by atoms with van der Waals surface area (Å²) in [5, 5.41) is 4.80. The lowest BCUT2D eigenvalue weighted by molar-refractivity contribution is 0.667. The van der Waals surface area contributed by atoms with Crippen LogP contribution in [0.5, 0.6) is 0 Å². The fraction of sp³-hybridized carbons (Fsp3) is 0.163. The van der Waals surface area contributed by atoms with E-state index in [1.807, 2.05) is 0 Å². The molecule has 454 valence electrons. The van der Waals surface area contributed by atoms with Crippen molar-refractivity contribution in [3.8, 4) is 44.8 Å². The van der Waals surface area contributed by atoms with Gasteiger partial charge >= 0.3 is 0 Å². The van der Waals surface area contributed by atoms with E-state index in [9.17, 15) is 0 Å². The van der Waals surface area contributed by atoms with Crippen LogP contribution < -0.4 is 9.80 Å². The summed E-state index contributed by atoms with van der Waals surface area (Å²) in [6, 6.07) is 100. The summed E-state index contributed by atoms with van der Waals surface area (Å²) in [4.78, 5) is 4.76. The van der Waals surface area contributed by atoms with Crippen LogP contribution in [0.2, 0.25) is 0 Å². The van der Waals surface area contributed by atoms with Gasteiger partial charge in [-0.15, -0.1) is 0 Å². The summed E-state index contributed by atoms with van der Waals surface area (Å²) in [7, 11) is 0. The summed E-state index contributed by atoms with van der Waals surface area (Å²) in [6.45, 7) is 8.87. The quantitative estimate of drug-likeness (QED) is 0.0667. The summed E-state index contributed by atoms with van der Waals surface area (Å²) in [5.74, 6) is 0. The molecule has 0 saturated carbocycles. The minimum atomic E-state index is 1.05. The second-order valence-corrected chi connectivity index (χ2v) is 26.7. The zero-order chi connectivity index (χ0) is 62.7. The first-order valence-electron chi connectivity index (χ1n) is 33.0. The highest BCUT2D eigenvalue weighted by Gasteiger charge is 2.23. The van der Waals surface area contributed by atoms with Gasteiger partial charge in [0.25, 0.3) is 0 Å². The molecule has 2 aromatic heterocycles. The predicted octanol–water partition coefficient (Wildman–Crippen LogP) is 26.2. The van der Waals surface area contributed by atoms with Gasteiger partial charge in [0.2, 0.25) is 0 Å². The van der Waals surface area contributed by atoms with Crippen molar-refractivity contribution in [3.63, 3.8) is 0 Å². The predicted molar refractivity (Wildman–Crippen MR) is 401 cm³/mol. The number of unbranched alkanes of at least 4 members (excludes halogenated alkanes) is 6. The van der Waals surface area contributed by atoms with Crippen LogP contribution in [0, 0.1) is 13.8 Å². The molecule has 0 aliphatic carbocycles. The van der Waals surface area contributed by atoms with Gasteiger partial charge in [0.15, 0.2) is 0 Å². The van der Waals surface area contributed by atoms with Crippen LogP contribution in [-0.4, -0.2) is 9.13 Å². The number of hydrogen-bond donors (Lipinski definition) is 0. The highest BCUT2D eigenvalue weighted by molar-refractivity contribution is 9.10. The fourth-order valence-electron chi connectivity index (χ4n) is 13.7. The minimum Gasteiger partial charge on any atom is -0.310 e. The van der Waals surface area contributed by atoms with E-state index in [0.717, 1.165) is 67.3 Å². The van der Waals surface area contributed by atoms with Crippen molar-refractivity contribution in [2.45, 2.75) is 91.9 Å². The van der Waals surface area contributed by atoms with Gasteiger partial charge in [-0.05, 0) is 242 Å². The zero-order valence-electron chi connectivity index (χ0n) is 53.0.